The normalized spacial score (nSPS) is 15.7. The van der Waals surface area contributed by atoms with Gasteiger partial charge in [-0.3, -0.25) is 14.5 Å². The molecule has 1 saturated heterocycles. The van der Waals surface area contributed by atoms with E-state index in [1.807, 2.05) is 6.92 Å². The molecule has 0 unspecified atom stereocenters. The molecule has 1 heterocycles. The molecule has 0 saturated carbocycles. The first-order chi connectivity index (χ1) is 10.5. The number of carbonyl (C=O) groups is 2. The molecule has 0 radical (unpaired) electrons. The molecule has 7 heteroatoms. The molecular formula is C15H20ClN3O3. The Morgan fingerprint density at radius 3 is 2.55 bits per heavy atom. The Bertz CT molecular complexity index is 557. The summed E-state index contributed by atoms with van der Waals surface area (Å²) in [5.41, 5.74) is 1.42. The fraction of sp³-hybridized carbons (Fsp3) is 0.467. The van der Waals surface area contributed by atoms with Crippen molar-refractivity contribution in [2.45, 2.75) is 6.92 Å². The Kier molecular flexibility index (Phi) is 5.76. The topological polar surface area (TPSA) is 72.9 Å². The molecule has 1 fully saturated rings. The Morgan fingerprint density at radius 2 is 1.95 bits per heavy atom. The van der Waals surface area contributed by atoms with E-state index in [2.05, 4.69) is 10.2 Å². The number of anilines is 1. The van der Waals surface area contributed by atoms with Gasteiger partial charge in [0.15, 0.2) is 0 Å². The molecule has 2 N–H and O–H groups in total. The average molecular weight is 326 g/mol. The number of aliphatic hydroxyl groups is 1. The van der Waals surface area contributed by atoms with Gasteiger partial charge in [-0.05, 0) is 24.6 Å². The first kappa shape index (κ1) is 16.7. The van der Waals surface area contributed by atoms with Crippen molar-refractivity contribution in [3.05, 3.63) is 28.8 Å². The highest BCUT2D eigenvalue weighted by atomic mass is 35.5. The number of carbonyl (C=O) groups excluding carboxylic acids is 2. The van der Waals surface area contributed by atoms with Crippen LogP contribution in [-0.4, -0.2) is 66.1 Å². The second-order valence-corrected chi connectivity index (χ2v) is 5.68. The summed E-state index contributed by atoms with van der Waals surface area (Å²) >= 11 is 6.00. The maximum absolute atomic E-state index is 12.1. The number of benzene rings is 1. The Morgan fingerprint density at radius 1 is 1.27 bits per heavy atom. The second kappa shape index (κ2) is 7.58. The molecule has 1 aliphatic rings. The number of aliphatic hydroxyl groups excluding tert-OH is 1. The first-order valence-electron chi connectivity index (χ1n) is 7.21. The van der Waals surface area contributed by atoms with E-state index < -0.39 is 11.8 Å². The quantitative estimate of drug-likeness (QED) is 0.803. The summed E-state index contributed by atoms with van der Waals surface area (Å²) in [5.74, 6) is -1.20. The number of nitrogens with zero attached hydrogens (tertiary/aromatic N) is 2. The summed E-state index contributed by atoms with van der Waals surface area (Å²) in [6, 6.07) is 5.13. The molecule has 120 valence electrons. The van der Waals surface area contributed by atoms with Gasteiger partial charge in [0.2, 0.25) is 0 Å². The first-order valence-corrected chi connectivity index (χ1v) is 7.58. The van der Waals surface area contributed by atoms with Crippen LogP contribution in [0.25, 0.3) is 0 Å². The molecule has 0 atom stereocenters. The van der Waals surface area contributed by atoms with Gasteiger partial charge < -0.3 is 15.3 Å². The molecule has 2 amide bonds. The summed E-state index contributed by atoms with van der Waals surface area (Å²) < 4.78 is 0. The van der Waals surface area contributed by atoms with Gasteiger partial charge in [-0.15, -0.1) is 0 Å². The van der Waals surface area contributed by atoms with Crippen LogP contribution < -0.4 is 5.32 Å². The zero-order valence-electron chi connectivity index (χ0n) is 12.5. The number of aryl methyl sites for hydroxylation is 1. The van der Waals surface area contributed by atoms with E-state index >= 15 is 0 Å². The van der Waals surface area contributed by atoms with Crippen molar-refractivity contribution < 1.29 is 14.7 Å². The van der Waals surface area contributed by atoms with Crippen LogP contribution in [0.5, 0.6) is 0 Å². The summed E-state index contributed by atoms with van der Waals surface area (Å²) in [7, 11) is 0. The number of piperazine rings is 1. The van der Waals surface area contributed by atoms with E-state index in [0.717, 1.165) is 5.56 Å². The third-order valence-corrected chi connectivity index (χ3v) is 4.11. The van der Waals surface area contributed by atoms with Crippen molar-refractivity contribution in [1.82, 2.24) is 9.80 Å². The van der Waals surface area contributed by atoms with Crippen LogP contribution in [0.3, 0.4) is 0 Å². The van der Waals surface area contributed by atoms with Gasteiger partial charge in [0.25, 0.3) is 0 Å². The van der Waals surface area contributed by atoms with Gasteiger partial charge in [-0.1, -0.05) is 17.7 Å². The lowest BCUT2D eigenvalue weighted by Crippen LogP contribution is -2.52. The van der Waals surface area contributed by atoms with E-state index in [-0.39, 0.29) is 6.61 Å². The van der Waals surface area contributed by atoms with E-state index in [4.69, 9.17) is 16.7 Å². The van der Waals surface area contributed by atoms with E-state index in [1.54, 1.807) is 18.2 Å². The van der Waals surface area contributed by atoms with Gasteiger partial charge in [0, 0.05) is 43.4 Å². The number of β-amino-alcohol motifs (C(OH)–C–C–N with tert-alkyl or cyclic N) is 1. The van der Waals surface area contributed by atoms with Crippen molar-refractivity contribution in [1.29, 1.82) is 0 Å². The minimum Gasteiger partial charge on any atom is -0.395 e. The number of nitrogens with one attached hydrogen (secondary N) is 1. The van der Waals surface area contributed by atoms with Crippen LogP contribution >= 0.6 is 11.6 Å². The number of hydrogen-bond donors (Lipinski definition) is 2. The highest BCUT2D eigenvalue weighted by molar-refractivity contribution is 6.39. The van der Waals surface area contributed by atoms with Crippen LogP contribution in [0.4, 0.5) is 5.69 Å². The van der Waals surface area contributed by atoms with Crippen molar-refractivity contribution in [2.75, 3.05) is 44.6 Å². The third-order valence-electron chi connectivity index (χ3n) is 3.70. The van der Waals surface area contributed by atoms with Crippen molar-refractivity contribution in [3.63, 3.8) is 0 Å². The lowest BCUT2D eigenvalue weighted by atomic mass is 10.2. The molecule has 22 heavy (non-hydrogen) atoms. The summed E-state index contributed by atoms with van der Waals surface area (Å²) in [4.78, 5) is 27.7. The molecule has 0 bridgehead atoms. The monoisotopic (exact) mass is 325 g/mol. The summed E-state index contributed by atoms with van der Waals surface area (Å²) in [5, 5.41) is 12.0. The minimum atomic E-state index is -0.657. The Hall–Kier alpha value is -1.63. The fourth-order valence-electron chi connectivity index (χ4n) is 2.31. The van der Waals surface area contributed by atoms with Crippen LogP contribution in [0.2, 0.25) is 5.02 Å². The van der Waals surface area contributed by atoms with Crippen molar-refractivity contribution in [2.24, 2.45) is 0 Å². The molecule has 0 spiro atoms. The summed E-state index contributed by atoms with van der Waals surface area (Å²) in [6.07, 6.45) is 0. The molecular weight excluding hydrogens is 306 g/mol. The third kappa shape index (κ3) is 4.19. The van der Waals surface area contributed by atoms with E-state index in [9.17, 15) is 9.59 Å². The average Bonchev–Trinajstić information content (AvgIpc) is 2.51. The molecule has 0 aromatic heterocycles. The Balaban J connectivity index is 1.90. The maximum atomic E-state index is 12.1. The van der Waals surface area contributed by atoms with Crippen LogP contribution in [-0.2, 0) is 9.59 Å². The van der Waals surface area contributed by atoms with Crippen LogP contribution in [0.15, 0.2) is 18.2 Å². The van der Waals surface area contributed by atoms with E-state index in [0.29, 0.717) is 43.4 Å². The summed E-state index contributed by atoms with van der Waals surface area (Å²) in [6.45, 7) is 4.86. The molecule has 1 aromatic carbocycles. The largest absolute Gasteiger partial charge is 0.395 e. The van der Waals surface area contributed by atoms with Gasteiger partial charge in [-0.2, -0.15) is 0 Å². The van der Waals surface area contributed by atoms with Gasteiger partial charge in [-0.25, -0.2) is 0 Å². The SMILES string of the molecule is Cc1ccc(NC(=O)C(=O)N2CCN(CCO)CC2)cc1Cl. The van der Waals surface area contributed by atoms with Gasteiger partial charge >= 0.3 is 11.8 Å². The number of hydrogen-bond acceptors (Lipinski definition) is 4. The second-order valence-electron chi connectivity index (χ2n) is 5.28. The predicted octanol–water partition coefficient (Wildman–Crippen LogP) is 0.723. The molecule has 0 aliphatic carbocycles. The van der Waals surface area contributed by atoms with Gasteiger partial charge in [0.1, 0.15) is 0 Å². The fourth-order valence-corrected chi connectivity index (χ4v) is 2.50. The lowest BCUT2D eigenvalue weighted by Gasteiger charge is -2.33. The maximum Gasteiger partial charge on any atom is 0.313 e. The number of halogens is 1. The van der Waals surface area contributed by atoms with Crippen LogP contribution in [0.1, 0.15) is 5.56 Å². The lowest BCUT2D eigenvalue weighted by molar-refractivity contribution is -0.144. The predicted molar refractivity (Wildman–Crippen MR) is 84.9 cm³/mol. The van der Waals surface area contributed by atoms with Crippen molar-refractivity contribution in [3.8, 4) is 0 Å². The smallest absolute Gasteiger partial charge is 0.313 e. The zero-order chi connectivity index (χ0) is 16.1. The molecule has 2 rings (SSSR count). The number of rotatable bonds is 3. The molecule has 1 aromatic rings. The van der Waals surface area contributed by atoms with E-state index in [1.165, 1.54) is 4.90 Å². The Labute approximate surface area is 134 Å². The molecule has 6 nitrogen and oxygen atoms in total. The highest BCUT2D eigenvalue weighted by Gasteiger charge is 2.25. The van der Waals surface area contributed by atoms with Crippen LogP contribution in [0, 0.1) is 6.92 Å². The number of amides is 2. The minimum absolute atomic E-state index is 0.0998. The van der Waals surface area contributed by atoms with Gasteiger partial charge in [0.05, 0.1) is 6.61 Å². The van der Waals surface area contributed by atoms with Crippen molar-refractivity contribution >= 4 is 29.1 Å². The highest BCUT2D eigenvalue weighted by Crippen LogP contribution is 2.20. The standard InChI is InChI=1S/C15H20ClN3O3/c1-11-2-3-12(10-13(11)16)17-14(21)15(22)19-6-4-18(5-7-19)8-9-20/h2-3,10,20H,4-9H2,1H3,(H,17,21). The zero-order valence-corrected chi connectivity index (χ0v) is 13.3. The molecule has 1 aliphatic heterocycles.